The van der Waals surface area contributed by atoms with Gasteiger partial charge < -0.3 is 10.6 Å². The Morgan fingerprint density at radius 3 is 2.72 bits per heavy atom. The number of carbonyl (C=O) groups is 2. The minimum Gasteiger partial charge on any atom is -0.354 e. The molecular formula is C17H24N2O4S2. The summed E-state index contributed by atoms with van der Waals surface area (Å²) in [5.74, 6) is -0.639. The summed E-state index contributed by atoms with van der Waals surface area (Å²) in [6, 6.07) is 4.76. The van der Waals surface area contributed by atoms with Crippen LogP contribution in [-0.4, -0.2) is 37.3 Å². The Hall–Kier alpha value is -1.54. The van der Waals surface area contributed by atoms with Crippen LogP contribution in [0.2, 0.25) is 0 Å². The van der Waals surface area contributed by atoms with Gasteiger partial charge in [0.1, 0.15) is 0 Å². The summed E-state index contributed by atoms with van der Waals surface area (Å²) in [6.07, 6.45) is 1.42. The first-order chi connectivity index (χ1) is 11.8. The molecule has 8 heteroatoms. The summed E-state index contributed by atoms with van der Waals surface area (Å²) in [5.41, 5.74) is 0.518. The lowest BCUT2D eigenvalue weighted by atomic mass is 10.2. The van der Waals surface area contributed by atoms with Gasteiger partial charge in [-0.2, -0.15) is 0 Å². The van der Waals surface area contributed by atoms with E-state index in [0.29, 0.717) is 12.1 Å². The van der Waals surface area contributed by atoms with Gasteiger partial charge in [0.25, 0.3) is 0 Å². The van der Waals surface area contributed by atoms with E-state index in [1.54, 1.807) is 6.07 Å². The van der Waals surface area contributed by atoms with E-state index >= 15 is 0 Å². The van der Waals surface area contributed by atoms with E-state index in [2.05, 4.69) is 10.6 Å². The van der Waals surface area contributed by atoms with Crippen molar-refractivity contribution in [3.05, 3.63) is 18.2 Å². The fraction of sp³-hybridized carbons (Fsp3) is 0.529. The van der Waals surface area contributed by atoms with Gasteiger partial charge in [0.15, 0.2) is 9.84 Å². The van der Waals surface area contributed by atoms with Crippen molar-refractivity contribution in [2.24, 2.45) is 0 Å². The van der Waals surface area contributed by atoms with Crippen molar-refractivity contribution in [1.29, 1.82) is 0 Å². The van der Waals surface area contributed by atoms with Crippen LogP contribution >= 0.6 is 11.8 Å². The van der Waals surface area contributed by atoms with Crippen LogP contribution in [0.1, 0.15) is 40.0 Å². The second-order valence-corrected chi connectivity index (χ2v) is 9.46. The molecule has 2 atom stereocenters. The van der Waals surface area contributed by atoms with Gasteiger partial charge in [-0.1, -0.05) is 13.8 Å². The summed E-state index contributed by atoms with van der Waals surface area (Å²) in [5, 5.41) is 5.37. The first-order valence-electron chi connectivity index (χ1n) is 8.40. The Morgan fingerprint density at radius 2 is 2.08 bits per heavy atom. The van der Waals surface area contributed by atoms with Gasteiger partial charge >= 0.3 is 0 Å². The highest BCUT2D eigenvalue weighted by atomic mass is 32.2. The van der Waals surface area contributed by atoms with Gasteiger partial charge in [-0.05, 0) is 38.0 Å². The maximum Gasteiger partial charge on any atom is 0.237 e. The molecule has 2 N–H and O–H groups in total. The van der Waals surface area contributed by atoms with Gasteiger partial charge in [0, 0.05) is 17.4 Å². The maximum absolute atomic E-state index is 12.5. The van der Waals surface area contributed by atoms with Gasteiger partial charge in [-0.15, -0.1) is 11.8 Å². The molecule has 1 aliphatic rings. The van der Waals surface area contributed by atoms with Crippen LogP contribution in [0.5, 0.6) is 0 Å². The van der Waals surface area contributed by atoms with Crippen LogP contribution in [0.25, 0.3) is 0 Å². The first-order valence-corrected chi connectivity index (χ1v) is 10.9. The molecule has 0 bridgehead atoms. The fourth-order valence-electron chi connectivity index (χ4n) is 2.39. The van der Waals surface area contributed by atoms with E-state index in [0.717, 1.165) is 11.3 Å². The van der Waals surface area contributed by atoms with Gasteiger partial charge in [0.2, 0.25) is 11.8 Å². The second kappa shape index (κ2) is 8.23. The lowest BCUT2D eigenvalue weighted by Crippen LogP contribution is -2.33. The molecule has 0 saturated heterocycles. The quantitative estimate of drug-likeness (QED) is 0.754. The summed E-state index contributed by atoms with van der Waals surface area (Å²) < 4.78 is 25.0. The van der Waals surface area contributed by atoms with Gasteiger partial charge in [-0.25, -0.2) is 8.42 Å². The Labute approximate surface area is 153 Å². The average molecular weight is 385 g/mol. The maximum atomic E-state index is 12.5. The molecule has 1 aromatic rings. The molecule has 0 saturated carbocycles. The topological polar surface area (TPSA) is 92.3 Å². The number of sulfone groups is 1. The van der Waals surface area contributed by atoms with Gasteiger partial charge in [-0.3, -0.25) is 9.59 Å². The predicted octanol–water partition coefficient (Wildman–Crippen LogP) is 2.59. The monoisotopic (exact) mass is 384 g/mol. The molecule has 2 rings (SSSR count). The normalized spacial score (nSPS) is 18.2. The average Bonchev–Trinajstić information content (AvgIpc) is 2.58. The zero-order chi connectivity index (χ0) is 18.6. The molecule has 0 aliphatic carbocycles. The molecule has 1 heterocycles. The number of benzene rings is 1. The summed E-state index contributed by atoms with van der Waals surface area (Å²) in [7, 11) is -3.59. The number of thioether (sulfide) groups is 1. The number of hydrogen-bond acceptors (Lipinski definition) is 5. The third-order valence-corrected chi connectivity index (χ3v) is 7.27. The van der Waals surface area contributed by atoms with Crippen molar-refractivity contribution in [3.8, 4) is 0 Å². The molecule has 0 radical (unpaired) electrons. The molecule has 1 aliphatic heterocycles. The number of rotatable bonds is 7. The molecule has 0 aromatic heterocycles. The summed E-state index contributed by atoms with van der Waals surface area (Å²) in [6.45, 7) is 5.76. The van der Waals surface area contributed by atoms with E-state index in [-0.39, 0.29) is 40.2 Å². The van der Waals surface area contributed by atoms with Gasteiger partial charge in [0.05, 0.1) is 21.6 Å². The second-order valence-electron chi connectivity index (χ2n) is 6.11. The lowest BCUT2D eigenvalue weighted by Gasteiger charge is -2.23. The van der Waals surface area contributed by atoms with E-state index in [9.17, 15) is 18.0 Å². The Morgan fingerprint density at radius 1 is 1.36 bits per heavy atom. The number of amides is 2. The zero-order valence-corrected chi connectivity index (χ0v) is 16.3. The van der Waals surface area contributed by atoms with Crippen molar-refractivity contribution in [3.63, 3.8) is 0 Å². The van der Waals surface area contributed by atoms with Crippen molar-refractivity contribution < 1.29 is 18.0 Å². The predicted molar refractivity (Wildman–Crippen MR) is 99.6 cm³/mol. The van der Waals surface area contributed by atoms with Crippen LogP contribution in [0.15, 0.2) is 28.0 Å². The van der Waals surface area contributed by atoms with E-state index in [1.165, 1.54) is 23.9 Å². The summed E-state index contributed by atoms with van der Waals surface area (Å²) >= 11 is 1.44. The van der Waals surface area contributed by atoms with Crippen LogP contribution < -0.4 is 10.6 Å². The highest BCUT2D eigenvalue weighted by molar-refractivity contribution is 8.01. The highest BCUT2D eigenvalue weighted by Crippen LogP contribution is 2.38. The van der Waals surface area contributed by atoms with Crippen molar-refractivity contribution in [2.45, 2.75) is 61.1 Å². The van der Waals surface area contributed by atoms with E-state index in [1.807, 2.05) is 20.8 Å². The minimum atomic E-state index is -3.59. The Balaban J connectivity index is 2.09. The molecule has 0 unspecified atom stereocenters. The summed E-state index contributed by atoms with van der Waals surface area (Å²) in [4.78, 5) is 24.7. The van der Waals surface area contributed by atoms with Crippen LogP contribution in [0.3, 0.4) is 0 Å². The van der Waals surface area contributed by atoms with Crippen LogP contribution in [-0.2, 0) is 19.4 Å². The lowest BCUT2D eigenvalue weighted by molar-refractivity contribution is -0.121. The molecule has 0 fully saturated rings. The fourth-order valence-corrected chi connectivity index (χ4v) is 4.67. The molecular weight excluding hydrogens is 360 g/mol. The molecule has 25 heavy (non-hydrogen) atoms. The van der Waals surface area contributed by atoms with E-state index < -0.39 is 9.84 Å². The van der Waals surface area contributed by atoms with E-state index in [4.69, 9.17) is 0 Å². The van der Waals surface area contributed by atoms with Crippen molar-refractivity contribution in [1.82, 2.24) is 5.32 Å². The standard InChI is InChI=1S/C17H24N2O4S2/c1-4-11(3)18-16(20)8-9-25(22,23)12-6-7-15-13(10-12)19-17(21)14(5-2)24-15/h6-7,10-11,14H,4-5,8-9H2,1-3H3,(H,18,20)(H,19,21)/t11-,14+/m1/s1. The number of hydrogen-bond donors (Lipinski definition) is 2. The number of nitrogens with one attached hydrogen (secondary N) is 2. The molecule has 0 spiro atoms. The molecule has 138 valence electrons. The highest BCUT2D eigenvalue weighted by Gasteiger charge is 2.27. The Kier molecular flexibility index (Phi) is 6.51. The number of fused-ring (bicyclic) bond motifs is 1. The molecule has 1 aromatic carbocycles. The minimum absolute atomic E-state index is 0.0256. The third kappa shape index (κ3) is 4.98. The molecule has 6 nitrogen and oxygen atoms in total. The Bertz CT molecular complexity index is 762. The van der Waals surface area contributed by atoms with Crippen LogP contribution in [0.4, 0.5) is 5.69 Å². The SMILES string of the molecule is CC[C@@H](C)NC(=O)CCS(=O)(=O)c1ccc2c(c1)NC(=O)[C@H](CC)S2. The number of anilines is 1. The largest absolute Gasteiger partial charge is 0.354 e. The van der Waals surface area contributed by atoms with Crippen molar-refractivity contribution in [2.75, 3.05) is 11.1 Å². The van der Waals surface area contributed by atoms with Crippen molar-refractivity contribution >= 4 is 39.1 Å². The zero-order valence-electron chi connectivity index (χ0n) is 14.7. The third-order valence-electron chi connectivity index (χ3n) is 4.12. The first kappa shape index (κ1) is 19.8. The van der Waals surface area contributed by atoms with Crippen LogP contribution in [0, 0.1) is 0 Å². The smallest absolute Gasteiger partial charge is 0.237 e. The molecule has 2 amide bonds. The number of carbonyl (C=O) groups excluding carboxylic acids is 2.